The fourth-order valence-electron chi connectivity index (χ4n) is 3.60. The molecule has 0 saturated heterocycles. The predicted molar refractivity (Wildman–Crippen MR) is 102 cm³/mol. The van der Waals surface area contributed by atoms with Gasteiger partial charge in [0.1, 0.15) is 5.82 Å². The molecule has 6 heteroatoms. The molecule has 1 fully saturated rings. The van der Waals surface area contributed by atoms with Crippen molar-refractivity contribution in [3.05, 3.63) is 53.1 Å². The van der Waals surface area contributed by atoms with Gasteiger partial charge in [0.2, 0.25) is 5.95 Å². The van der Waals surface area contributed by atoms with E-state index in [0.717, 1.165) is 30.8 Å². The van der Waals surface area contributed by atoms with Crippen LogP contribution >= 0.6 is 12.2 Å². The van der Waals surface area contributed by atoms with Crippen molar-refractivity contribution in [2.45, 2.75) is 44.9 Å². The minimum Gasteiger partial charge on any atom is -0.361 e. The Kier molecular flexibility index (Phi) is 5.27. The molecule has 0 amide bonds. The van der Waals surface area contributed by atoms with Gasteiger partial charge < -0.3 is 10.6 Å². The highest BCUT2D eigenvalue weighted by Crippen LogP contribution is 2.40. The van der Waals surface area contributed by atoms with E-state index >= 15 is 0 Å². The van der Waals surface area contributed by atoms with Gasteiger partial charge in [0.15, 0.2) is 5.11 Å². The fourth-order valence-corrected chi connectivity index (χ4v) is 3.76. The number of rotatable bonds is 4. The van der Waals surface area contributed by atoms with Gasteiger partial charge in [-0.15, -0.1) is 0 Å². The molecule has 0 atom stereocenters. The first-order valence-corrected chi connectivity index (χ1v) is 9.01. The maximum Gasteiger partial charge on any atom is 0.229 e. The zero-order valence-corrected chi connectivity index (χ0v) is 15.4. The first-order valence-electron chi connectivity index (χ1n) is 8.60. The summed E-state index contributed by atoms with van der Waals surface area (Å²) >= 11 is 5.42. The Hall–Kier alpha value is -2.08. The monoisotopic (exact) mass is 358 g/mol. The normalized spacial score (nSPS) is 15.8. The molecule has 0 unspecified atom stereocenters. The largest absolute Gasteiger partial charge is 0.361 e. The summed E-state index contributed by atoms with van der Waals surface area (Å²) in [5.41, 5.74) is 2.97. The Morgan fingerprint density at radius 1 is 1.12 bits per heavy atom. The summed E-state index contributed by atoms with van der Waals surface area (Å²) in [4.78, 5) is 8.70. The Labute approximate surface area is 153 Å². The number of aryl methyl sites for hydroxylation is 2. The molecule has 0 aliphatic heterocycles. The summed E-state index contributed by atoms with van der Waals surface area (Å²) in [5.74, 6) is 0.311. The molecule has 0 spiro atoms. The Morgan fingerprint density at radius 2 is 1.72 bits per heavy atom. The number of hydrogen-bond acceptors (Lipinski definition) is 3. The first-order chi connectivity index (χ1) is 12.0. The second kappa shape index (κ2) is 7.44. The Balaban J connectivity index is 1.67. The van der Waals surface area contributed by atoms with E-state index in [1.807, 2.05) is 32.0 Å². The van der Waals surface area contributed by atoms with E-state index in [9.17, 15) is 4.39 Å². The summed E-state index contributed by atoms with van der Waals surface area (Å²) in [5, 5.41) is 6.89. The number of benzene rings is 1. The van der Waals surface area contributed by atoms with Crippen LogP contribution < -0.4 is 10.6 Å². The van der Waals surface area contributed by atoms with Gasteiger partial charge in [-0.2, -0.15) is 0 Å². The number of nitrogens with one attached hydrogen (secondary N) is 2. The van der Waals surface area contributed by atoms with E-state index in [0.29, 0.717) is 11.1 Å². The molecule has 1 aliphatic rings. The molecular formula is C19H23FN4S. The summed E-state index contributed by atoms with van der Waals surface area (Å²) in [7, 11) is 0. The van der Waals surface area contributed by atoms with E-state index in [4.69, 9.17) is 12.2 Å². The molecule has 4 nitrogen and oxygen atoms in total. The molecule has 1 heterocycles. The second-order valence-electron chi connectivity index (χ2n) is 6.78. The molecule has 2 N–H and O–H groups in total. The van der Waals surface area contributed by atoms with Crippen molar-refractivity contribution < 1.29 is 4.39 Å². The SMILES string of the molecule is Cc1cc(C)nc(NC(=S)NCC2(c3ccc(F)cc3)CCCC2)n1. The predicted octanol–water partition coefficient (Wildman–Crippen LogP) is 4.03. The standard InChI is InChI=1S/C19H23FN4S/c1-13-11-14(2)23-17(22-13)24-18(25)21-12-19(9-3-4-10-19)15-5-7-16(20)8-6-15/h5-8,11H,3-4,9-10,12H2,1-2H3,(H2,21,22,23,24,25). The van der Waals surface area contributed by atoms with E-state index < -0.39 is 0 Å². The van der Waals surface area contributed by atoms with Crippen molar-refractivity contribution >= 4 is 23.3 Å². The molecule has 1 aromatic carbocycles. The molecule has 1 aliphatic carbocycles. The fraction of sp³-hybridized carbons (Fsp3) is 0.421. The number of halogens is 1. The summed E-state index contributed by atoms with van der Waals surface area (Å²) in [6, 6.07) is 8.78. The van der Waals surface area contributed by atoms with Crippen LogP contribution in [0, 0.1) is 19.7 Å². The van der Waals surface area contributed by atoms with Crippen molar-refractivity contribution in [2.24, 2.45) is 0 Å². The summed E-state index contributed by atoms with van der Waals surface area (Å²) < 4.78 is 13.3. The quantitative estimate of drug-likeness (QED) is 0.808. The first kappa shape index (κ1) is 17.7. The van der Waals surface area contributed by atoms with Gasteiger partial charge >= 0.3 is 0 Å². The van der Waals surface area contributed by atoms with Crippen molar-refractivity contribution in [2.75, 3.05) is 11.9 Å². The average Bonchev–Trinajstić information content (AvgIpc) is 3.03. The number of thiocarbonyl (C=S) groups is 1. The molecular weight excluding hydrogens is 335 g/mol. The molecule has 0 bridgehead atoms. The zero-order chi connectivity index (χ0) is 17.9. The van der Waals surface area contributed by atoms with Crippen LogP contribution in [0.2, 0.25) is 0 Å². The van der Waals surface area contributed by atoms with Crippen LogP contribution in [0.15, 0.2) is 30.3 Å². The number of nitrogens with zero attached hydrogens (tertiary/aromatic N) is 2. The highest BCUT2D eigenvalue weighted by atomic mass is 32.1. The maximum absolute atomic E-state index is 13.3. The van der Waals surface area contributed by atoms with E-state index in [-0.39, 0.29) is 11.2 Å². The molecule has 25 heavy (non-hydrogen) atoms. The van der Waals surface area contributed by atoms with Crippen molar-refractivity contribution in [1.29, 1.82) is 0 Å². The molecule has 3 rings (SSSR count). The van der Waals surface area contributed by atoms with Crippen molar-refractivity contribution in [1.82, 2.24) is 15.3 Å². The molecule has 1 saturated carbocycles. The summed E-state index contributed by atoms with van der Waals surface area (Å²) in [6.45, 7) is 4.58. The van der Waals surface area contributed by atoms with Crippen LogP contribution in [0.1, 0.15) is 42.6 Å². The molecule has 1 aromatic heterocycles. The highest BCUT2D eigenvalue weighted by Gasteiger charge is 2.35. The van der Waals surface area contributed by atoms with Crippen LogP contribution in [0.25, 0.3) is 0 Å². The third-order valence-corrected chi connectivity index (χ3v) is 5.06. The zero-order valence-electron chi connectivity index (χ0n) is 14.6. The van der Waals surface area contributed by atoms with Gasteiger partial charge in [-0.25, -0.2) is 14.4 Å². The van der Waals surface area contributed by atoms with Crippen LogP contribution in [0.4, 0.5) is 10.3 Å². The highest BCUT2D eigenvalue weighted by molar-refractivity contribution is 7.80. The molecule has 0 radical (unpaired) electrons. The third-order valence-electron chi connectivity index (χ3n) is 4.81. The van der Waals surface area contributed by atoms with E-state index in [2.05, 4.69) is 20.6 Å². The topological polar surface area (TPSA) is 49.8 Å². The van der Waals surface area contributed by atoms with E-state index in [1.54, 1.807) is 0 Å². The van der Waals surface area contributed by atoms with Gasteiger partial charge in [-0.3, -0.25) is 0 Å². The minimum absolute atomic E-state index is 0.00280. The Bertz CT molecular complexity index is 734. The number of aromatic nitrogens is 2. The molecule has 132 valence electrons. The number of hydrogen-bond donors (Lipinski definition) is 2. The van der Waals surface area contributed by atoms with Crippen LogP contribution in [0.3, 0.4) is 0 Å². The van der Waals surface area contributed by atoms with Crippen LogP contribution in [-0.4, -0.2) is 21.6 Å². The van der Waals surface area contributed by atoms with E-state index in [1.165, 1.54) is 30.5 Å². The van der Waals surface area contributed by atoms with Gasteiger partial charge in [0.25, 0.3) is 0 Å². The van der Waals surface area contributed by atoms with Crippen LogP contribution in [-0.2, 0) is 5.41 Å². The maximum atomic E-state index is 13.3. The second-order valence-corrected chi connectivity index (χ2v) is 7.18. The lowest BCUT2D eigenvalue weighted by Gasteiger charge is -2.30. The van der Waals surface area contributed by atoms with Gasteiger partial charge in [-0.05, 0) is 62.7 Å². The lowest BCUT2D eigenvalue weighted by molar-refractivity contribution is 0.434. The lowest BCUT2D eigenvalue weighted by atomic mass is 9.79. The summed E-state index contributed by atoms with van der Waals surface area (Å²) in [6.07, 6.45) is 4.52. The van der Waals surface area contributed by atoms with Gasteiger partial charge in [-0.1, -0.05) is 25.0 Å². The van der Waals surface area contributed by atoms with Crippen molar-refractivity contribution in [3.8, 4) is 0 Å². The average molecular weight is 358 g/mol. The smallest absolute Gasteiger partial charge is 0.229 e. The molecule has 2 aromatic rings. The lowest BCUT2D eigenvalue weighted by Crippen LogP contribution is -2.41. The van der Waals surface area contributed by atoms with Gasteiger partial charge in [0.05, 0.1) is 0 Å². The van der Waals surface area contributed by atoms with Crippen molar-refractivity contribution in [3.63, 3.8) is 0 Å². The third kappa shape index (κ3) is 4.31. The Morgan fingerprint density at radius 3 is 2.32 bits per heavy atom. The van der Waals surface area contributed by atoms with Crippen LogP contribution in [0.5, 0.6) is 0 Å². The van der Waals surface area contributed by atoms with Gasteiger partial charge in [0, 0.05) is 23.3 Å². The minimum atomic E-state index is -0.200. The number of anilines is 1.